The van der Waals surface area contributed by atoms with Gasteiger partial charge in [-0.05, 0) is 17.9 Å². The molecule has 0 saturated heterocycles. The van der Waals surface area contributed by atoms with Crippen molar-refractivity contribution in [3.8, 4) is 0 Å². The van der Waals surface area contributed by atoms with Crippen LogP contribution < -0.4 is 5.32 Å². The largest absolute Gasteiger partial charge is 0.352 e. The van der Waals surface area contributed by atoms with Crippen molar-refractivity contribution in [2.24, 2.45) is 0 Å². The number of nitrogens with zero attached hydrogens (tertiary/aromatic N) is 1. The quantitative estimate of drug-likeness (QED) is 0.780. The molecule has 1 amide bonds. The second-order valence-electron chi connectivity index (χ2n) is 3.71. The van der Waals surface area contributed by atoms with Crippen molar-refractivity contribution in [1.29, 1.82) is 0 Å². The van der Waals surface area contributed by atoms with E-state index in [0.717, 1.165) is 6.26 Å². The Morgan fingerprint density at radius 1 is 1.53 bits per heavy atom. The maximum absolute atomic E-state index is 11.5. The van der Waals surface area contributed by atoms with E-state index in [1.165, 1.54) is 22.7 Å². The molecule has 0 aliphatic heterocycles. The summed E-state index contributed by atoms with van der Waals surface area (Å²) < 4.78 is 23.4. The Kier molecular flexibility index (Phi) is 5.10. The minimum atomic E-state index is -3.12. The van der Waals surface area contributed by atoms with Gasteiger partial charge < -0.3 is 5.32 Å². The topological polar surface area (TPSA) is 66.5 Å². The predicted molar refractivity (Wildman–Crippen MR) is 68.7 cm³/mol. The van der Waals surface area contributed by atoms with Crippen LogP contribution in [0.2, 0.25) is 0 Å². The molecule has 1 rings (SSSR count). The number of sulfonamides is 1. The summed E-state index contributed by atoms with van der Waals surface area (Å²) in [6, 6.07) is 1.75. The maximum atomic E-state index is 11.5. The Bertz CT molecular complexity index is 454. The van der Waals surface area contributed by atoms with Crippen LogP contribution in [0.3, 0.4) is 0 Å². The van der Waals surface area contributed by atoms with Gasteiger partial charge in [0.05, 0.1) is 6.26 Å². The minimum absolute atomic E-state index is 0.117. The van der Waals surface area contributed by atoms with Gasteiger partial charge in [0.1, 0.15) is 0 Å². The molecule has 96 valence electrons. The Balaban J connectivity index is 2.23. The molecule has 1 N–H and O–H groups in total. The van der Waals surface area contributed by atoms with Crippen molar-refractivity contribution >= 4 is 27.3 Å². The lowest BCUT2D eigenvalue weighted by molar-refractivity contribution is 0.0953. The van der Waals surface area contributed by atoms with Gasteiger partial charge in [-0.25, -0.2) is 12.7 Å². The molecule has 0 aliphatic carbocycles. The molecule has 0 spiro atoms. The van der Waals surface area contributed by atoms with Gasteiger partial charge in [0.15, 0.2) is 0 Å². The van der Waals surface area contributed by atoms with Crippen LogP contribution in [0.25, 0.3) is 0 Å². The monoisotopic (exact) mass is 276 g/mol. The zero-order chi connectivity index (χ0) is 12.9. The van der Waals surface area contributed by atoms with Crippen LogP contribution >= 0.6 is 11.3 Å². The Morgan fingerprint density at radius 2 is 2.24 bits per heavy atom. The van der Waals surface area contributed by atoms with Crippen LogP contribution in [-0.2, 0) is 10.0 Å². The first-order chi connectivity index (χ1) is 7.91. The van der Waals surface area contributed by atoms with Crippen molar-refractivity contribution in [3.63, 3.8) is 0 Å². The molecule has 0 saturated carbocycles. The molecule has 1 heterocycles. The number of thiophene rings is 1. The van der Waals surface area contributed by atoms with Crippen LogP contribution in [0.1, 0.15) is 16.8 Å². The molecule has 0 atom stereocenters. The highest BCUT2D eigenvalue weighted by Crippen LogP contribution is 2.05. The normalized spacial score (nSPS) is 11.7. The molecular formula is C10H16N2O3S2. The fourth-order valence-electron chi connectivity index (χ4n) is 1.17. The van der Waals surface area contributed by atoms with Gasteiger partial charge in [0, 0.05) is 31.1 Å². The second kappa shape index (κ2) is 6.13. The lowest BCUT2D eigenvalue weighted by atomic mass is 10.3. The van der Waals surface area contributed by atoms with Crippen molar-refractivity contribution in [1.82, 2.24) is 9.62 Å². The van der Waals surface area contributed by atoms with Gasteiger partial charge in [-0.3, -0.25) is 4.79 Å². The predicted octanol–water partition coefficient (Wildman–Crippen LogP) is 0.759. The van der Waals surface area contributed by atoms with Crippen LogP contribution in [0, 0.1) is 0 Å². The highest BCUT2D eigenvalue weighted by molar-refractivity contribution is 7.88. The summed E-state index contributed by atoms with van der Waals surface area (Å²) >= 11 is 1.47. The zero-order valence-electron chi connectivity index (χ0n) is 9.84. The molecule has 5 nitrogen and oxygen atoms in total. The van der Waals surface area contributed by atoms with Crippen molar-refractivity contribution < 1.29 is 13.2 Å². The molecule has 0 bridgehead atoms. The lowest BCUT2D eigenvalue weighted by Crippen LogP contribution is -2.30. The van der Waals surface area contributed by atoms with Gasteiger partial charge in [0.25, 0.3) is 5.91 Å². The first kappa shape index (κ1) is 14.1. The van der Waals surface area contributed by atoms with Crippen LogP contribution in [0.5, 0.6) is 0 Å². The van der Waals surface area contributed by atoms with E-state index in [1.807, 2.05) is 5.38 Å². The summed E-state index contributed by atoms with van der Waals surface area (Å²) in [5, 5.41) is 6.35. The van der Waals surface area contributed by atoms with E-state index >= 15 is 0 Å². The van der Waals surface area contributed by atoms with E-state index in [9.17, 15) is 13.2 Å². The van der Waals surface area contributed by atoms with Crippen molar-refractivity contribution in [3.05, 3.63) is 22.4 Å². The molecule has 0 aromatic carbocycles. The van der Waals surface area contributed by atoms with E-state index in [4.69, 9.17) is 0 Å². The summed E-state index contributed by atoms with van der Waals surface area (Å²) in [6.45, 7) is 0.872. The SMILES string of the molecule is CN(CCCNC(=O)c1ccsc1)S(C)(=O)=O. The molecule has 0 unspecified atom stereocenters. The fourth-order valence-corrected chi connectivity index (χ4v) is 2.26. The van der Waals surface area contributed by atoms with Gasteiger partial charge >= 0.3 is 0 Å². The summed E-state index contributed by atoms with van der Waals surface area (Å²) in [6.07, 6.45) is 1.76. The van der Waals surface area contributed by atoms with E-state index in [0.29, 0.717) is 25.1 Å². The Morgan fingerprint density at radius 3 is 2.76 bits per heavy atom. The van der Waals surface area contributed by atoms with E-state index < -0.39 is 10.0 Å². The molecule has 17 heavy (non-hydrogen) atoms. The minimum Gasteiger partial charge on any atom is -0.352 e. The summed E-state index contributed by atoms with van der Waals surface area (Å²) in [7, 11) is -1.60. The number of hydrogen-bond acceptors (Lipinski definition) is 4. The molecule has 0 radical (unpaired) electrons. The highest BCUT2D eigenvalue weighted by atomic mass is 32.2. The van der Waals surface area contributed by atoms with E-state index in [1.54, 1.807) is 11.4 Å². The fraction of sp³-hybridized carbons (Fsp3) is 0.500. The molecule has 7 heteroatoms. The molecule has 0 fully saturated rings. The molecule has 0 aliphatic rings. The van der Waals surface area contributed by atoms with Crippen LogP contribution in [0.15, 0.2) is 16.8 Å². The van der Waals surface area contributed by atoms with Gasteiger partial charge in [0.2, 0.25) is 10.0 Å². The third-order valence-electron chi connectivity index (χ3n) is 2.28. The van der Waals surface area contributed by atoms with Crippen LogP contribution in [0.4, 0.5) is 0 Å². The third-order valence-corrected chi connectivity index (χ3v) is 4.28. The number of amides is 1. The Hall–Kier alpha value is -0.920. The second-order valence-corrected chi connectivity index (χ2v) is 6.58. The maximum Gasteiger partial charge on any atom is 0.252 e. The number of carbonyl (C=O) groups excluding carboxylic acids is 1. The Labute approximate surface area is 105 Å². The lowest BCUT2D eigenvalue weighted by Gasteiger charge is -2.13. The van der Waals surface area contributed by atoms with E-state index in [-0.39, 0.29) is 5.91 Å². The first-order valence-electron chi connectivity index (χ1n) is 5.13. The van der Waals surface area contributed by atoms with Gasteiger partial charge in [-0.2, -0.15) is 11.3 Å². The molecule has 1 aromatic rings. The number of rotatable bonds is 6. The van der Waals surface area contributed by atoms with E-state index in [2.05, 4.69) is 5.32 Å². The number of hydrogen-bond donors (Lipinski definition) is 1. The van der Waals surface area contributed by atoms with Gasteiger partial charge in [-0.15, -0.1) is 0 Å². The van der Waals surface area contributed by atoms with Gasteiger partial charge in [-0.1, -0.05) is 0 Å². The number of nitrogens with one attached hydrogen (secondary N) is 1. The first-order valence-corrected chi connectivity index (χ1v) is 7.92. The average molecular weight is 276 g/mol. The summed E-state index contributed by atoms with van der Waals surface area (Å²) in [5.74, 6) is -0.117. The standard InChI is InChI=1S/C10H16N2O3S2/c1-12(17(2,14)15)6-3-5-11-10(13)9-4-7-16-8-9/h4,7-8H,3,5-6H2,1-2H3,(H,11,13). The smallest absolute Gasteiger partial charge is 0.252 e. The summed E-state index contributed by atoms with van der Waals surface area (Å²) in [4.78, 5) is 11.5. The van der Waals surface area contributed by atoms with Crippen molar-refractivity contribution in [2.45, 2.75) is 6.42 Å². The summed E-state index contributed by atoms with van der Waals surface area (Å²) in [5.41, 5.74) is 0.645. The number of carbonyl (C=O) groups is 1. The van der Waals surface area contributed by atoms with Crippen molar-refractivity contribution in [2.75, 3.05) is 26.4 Å². The average Bonchev–Trinajstić information content (AvgIpc) is 2.75. The molecule has 1 aromatic heterocycles. The highest BCUT2D eigenvalue weighted by Gasteiger charge is 2.10. The molecular weight excluding hydrogens is 260 g/mol. The third kappa shape index (κ3) is 4.84. The zero-order valence-corrected chi connectivity index (χ0v) is 11.5. The van der Waals surface area contributed by atoms with Crippen LogP contribution in [-0.4, -0.2) is 45.0 Å².